The number of nitro benzene ring substituents is 1. The molecule has 0 saturated carbocycles. The van der Waals surface area contributed by atoms with E-state index < -0.39 is 10.8 Å². The topological polar surface area (TPSA) is 109 Å². The Hall–Kier alpha value is -4.37. The molecule has 4 aromatic rings. The predicted molar refractivity (Wildman–Crippen MR) is 131 cm³/mol. The number of nitro groups is 1. The third-order valence-corrected chi connectivity index (χ3v) is 5.31. The molecule has 0 aliphatic heterocycles. The Morgan fingerprint density at radius 1 is 1.09 bits per heavy atom. The third-order valence-electron chi connectivity index (χ3n) is 4.99. The number of amides is 1. The molecule has 3 aromatic carbocycles. The van der Waals surface area contributed by atoms with E-state index in [4.69, 9.17) is 21.1 Å². The summed E-state index contributed by atoms with van der Waals surface area (Å²) in [5.41, 5.74) is 1.94. The Labute approximate surface area is 206 Å². The first-order valence-corrected chi connectivity index (χ1v) is 10.9. The number of hydrogen-bond donors (Lipinski definition) is 1. The van der Waals surface area contributed by atoms with Crippen LogP contribution in [0.1, 0.15) is 21.6 Å². The highest BCUT2D eigenvalue weighted by atomic mass is 35.5. The highest BCUT2D eigenvalue weighted by molar-refractivity contribution is 6.32. The van der Waals surface area contributed by atoms with Gasteiger partial charge in [-0.3, -0.25) is 14.9 Å². The molecule has 1 aromatic heterocycles. The van der Waals surface area contributed by atoms with Crippen LogP contribution in [0.4, 0.5) is 11.4 Å². The number of hydrogen-bond acceptors (Lipinski definition) is 6. The molecule has 0 aliphatic carbocycles. The summed E-state index contributed by atoms with van der Waals surface area (Å²) < 4.78 is 12.9. The second-order valence-corrected chi connectivity index (χ2v) is 8.15. The van der Waals surface area contributed by atoms with Crippen LogP contribution in [0.25, 0.3) is 0 Å². The minimum absolute atomic E-state index is 0.0433. The van der Waals surface area contributed by atoms with Crippen molar-refractivity contribution in [3.63, 3.8) is 0 Å². The van der Waals surface area contributed by atoms with Crippen molar-refractivity contribution in [2.24, 2.45) is 0 Å². The zero-order valence-corrected chi connectivity index (χ0v) is 19.7. The Morgan fingerprint density at radius 3 is 2.66 bits per heavy atom. The van der Waals surface area contributed by atoms with Crippen LogP contribution < -0.4 is 14.8 Å². The number of nitrogens with one attached hydrogen (secondary N) is 1. The molecule has 4 rings (SSSR count). The highest BCUT2D eigenvalue weighted by Gasteiger charge is 2.16. The van der Waals surface area contributed by atoms with Gasteiger partial charge in [-0.2, -0.15) is 5.10 Å². The number of carbonyl (C=O) groups is 1. The lowest BCUT2D eigenvalue weighted by Gasteiger charge is -2.11. The van der Waals surface area contributed by atoms with Gasteiger partial charge in [-0.05, 0) is 49.2 Å². The number of non-ortho nitro benzene ring substituents is 1. The van der Waals surface area contributed by atoms with Crippen LogP contribution in [0.3, 0.4) is 0 Å². The van der Waals surface area contributed by atoms with Crippen molar-refractivity contribution in [3.05, 3.63) is 105 Å². The van der Waals surface area contributed by atoms with Crippen molar-refractivity contribution in [1.29, 1.82) is 0 Å². The zero-order valence-electron chi connectivity index (χ0n) is 18.9. The van der Waals surface area contributed by atoms with Gasteiger partial charge in [0.25, 0.3) is 11.6 Å². The first-order valence-electron chi connectivity index (χ1n) is 10.6. The van der Waals surface area contributed by atoms with E-state index in [9.17, 15) is 14.9 Å². The molecule has 0 aliphatic rings. The monoisotopic (exact) mass is 492 g/mol. The van der Waals surface area contributed by atoms with Crippen molar-refractivity contribution in [2.75, 3.05) is 5.32 Å². The lowest BCUT2D eigenvalue weighted by atomic mass is 10.2. The number of rotatable bonds is 8. The smallest absolute Gasteiger partial charge is 0.276 e. The number of anilines is 1. The van der Waals surface area contributed by atoms with E-state index >= 15 is 0 Å². The number of aromatic nitrogens is 2. The average molecular weight is 493 g/mol. The van der Waals surface area contributed by atoms with E-state index in [1.54, 1.807) is 30.5 Å². The molecule has 0 unspecified atom stereocenters. The zero-order chi connectivity index (χ0) is 24.9. The lowest BCUT2D eigenvalue weighted by Crippen LogP contribution is -2.14. The summed E-state index contributed by atoms with van der Waals surface area (Å²) in [7, 11) is 0. The van der Waals surface area contributed by atoms with Crippen LogP contribution in [0.15, 0.2) is 72.9 Å². The minimum Gasteiger partial charge on any atom is -0.470 e. The fraction of sp³-hybridized carbons (Fsp3) is 0.120. The quantitative estimate of drug-likeness (QED) is 0.233. The van der Waals surface area contributed by atoms with Crippen molar-refractivity contribution in [2.45, 2.75) is 20.6 Å². The Balaban J connectivity index is 1.48. The molecule has 1 heterocycles. The maximum atomic E-state index is 12.7. The number of benzene rings is 3. The van der Waals surface area contributed by atoms with Crippen LogP contribution >= 0.6 is 11.6 Å². The van der Waals surface area contributed by atoms with Gasteiger partial charge in [0, 0.05) is 18.3 Å². The fourth-order valence-corrected chi connectivity index (χ4v) is 3.40. The van der Waals surface area contributed by atoms with Gasteiger partial charge in [0.2, 0.25) is 0 Å². The average Bonchev–Trinajstić information content (AvgIpc) is 3.30. The molecule has 10 heteroatoms. The molecule has 35 heavy (non-hydrogen) atoms. The molecule has 0 spiro atoms. The fourth-order valence-electron chi connectivity index (χ4n) is 3.22. The Kier molecular flexibility index (Phi) is 6.98. The number of halogens is 1. The molecule has 178 valence electrons. The number of ether oxygens (including phenoxy) is 2. The van der Waals surface area contributed by atoms with Gasteiger partial charge >= 0.3 is 0 Å². The van der Waals surface area contributed by atoms with Crippen LogP contribution in [-0.2, 0) is 6.73 Å². The van der Waals surface area contributed by atoms with Crippen molar-refractivity contribution < 1.29 is 19.2 Å². The molecule has 0 fully saturated rings. The number of nitrogens with zero attached hydrogens (tertiary/aromatic N) is 3. The number of para-hydroxylation sites is 1. The normalized spacial score (nSPS) is 10.6. The molecule has 0 bridgehead atoms. The van der Waals surface area contributed by atoms with Gasteiger partial charge in [-0.1, -0.05) is 35.9 Å². The number of carbonyl (C=O) groups excluding carboxylic acids is 1. The SMILES string of the molecule is Cc1ccc(Cl)c(OCn2ccc(C(=O)Nc3cc(Oc4ccccc4C)cc([N+](=O)[O-])c3)n2)c1. The second kappa shape index (κ2) is 10.3. The van der Waals surface area contributed by atoms with Crippen LogP contribution in [-0.4, -0.2) is 20.6 Å². The van der Waals surface area contributed by atoms with Gasteiger partial charge in [0.1, 0.15) is 17.2 Å². The van der Waals surface area contributed by atoms with Gasteiger partial charge in [0.15, 0.2) is 12.4 Å². The van der Waals surface area contributed by atoms with Crippen LogP contribution in [0, 0.1) is 24.0 Å². The Bertz CT molecular complexity index is 1400. The maximum Gasteiger partial charge on any atom is 0.276 e. The minimum atomic E-state index is -0.553. The van der Waals surface area contributed by atoms with Crippen molar-refractivity contribution in [3.8, 4) is 17.2 Å². The van der Waals surface area contributed by atoms with Gasteiger partial charge in [0.05, 0.1) is 21.7 Å². The standard InChI is InChI=1S/C25H21ClN4O5/c1-16-7-8-21(26)24(11-16)34-15-29-10-9-22(28-29)25(31)27-18-12-19(30(32)33)14-20(13-18)35-23-6-4-3-5-17(23)2/h3-14H,15H2,1-2H3,(H,27,31). The molecule has 1 amide bonds. The lowest BCUT2D eigenvalue weighted by molar-refractivity contribution is -0.384. The molecule has 9 nitrogen and oxygen atoms in total. The first-order chi connectivity index (χ1) is 16.8. The summed E-state index contributed by atoms with van der Waals surface area (Å²) in [4.78, 5) is 23.6. The largest absolute Gasteiger partial charge is 0.470 e. The van der Waals surface area contributed by atoms with Gasteiger partial charge in [-0.25, -0.2) is 4.68 Å². The van der Waals surface area contributed by atoms with Crippen LogP contribution in [0.2, 0.25) is 5.02 Å². The molecular formula is C25H21ClN4O5. The van der Waals surface area contributed by atoms with Gasteiger partial charge < -0.3 is 14.8 Å². The Morgan fingerprint density at radius 2 is 1.89 bits per heavy atom. The van der Waals surface area contributed by atoms with E-state index in [1.165, 1.54) is 28.9 Å². The molecule has 1 N–H and O–H groups in total. The van der Waals surface area contributed by atoms with E-state index in [0.717, 1.165) is 11.1 Å². The highest BCUT2D eigenvalue weighted by Crippen LogP contribution is 2.31. The van der Waals surface area contributed by atoms with Crippen molar-refractivity contribution in [1.82, 2.24) is 9.78 Å². The summed E-state index contributed by atoms with van der Waals surface area (Å²) in [6.07, 6.45) is 1.58. The summed E-state index contributed by atoms with van der Waals surface area (Å²) >= 11 is 6.14. The molecule has 0 atom stereocenters. The van der Waals surface area contributed by atoms with Crippen molar-refractivity contribution >= 4 is 28.9 Å². The summed E-state index contributed by atoms with van der Waals surface area (Å²) in [5, 5.41) is 18.7. The van der Waals surface area contributed by atoms with E-state index in [1.807, 2.05) is 32.0 Å². The van der Waals surface area contributed by atoms with Crippen LogP contribution in [0.5, 0.6) is 17.2 Å². The predicted octanol–water partition coefficient (Wildman–Crippen LogP) is 6.14. The maximum absolute atomic E-state index is 12.7. The molecule has 0 radical (unpaired) electrons. The third kappa shape index (κ3) is 5.96. The number of aryl methyl sites for hydroxylation is 2. The van der Waals surface area contributed by atoms with Gasteiger partial charge in [-0.15, -0.1) is 0 Å². The van der Waals surface area contributed by atoms with E-state index in [2.05, 4.69) is 10.4 Å². The molecule has 0 saturated heterocycles. The first kappa shape index (κ1) is 23.8. The molecular weight excluding hydrogens is 472 g/mol. The van der Waals surface area contributed by atoms with E-state index in [-0.39, 0.29) is 29.5 Å². The summed E-state index contributed by atoms with van der Waals surface area (Å²) in [5.74, 6) is 0.737. The summed E-state index contributed by atoms with van der Waals surface area (Å²) in [6, 6.07) is 18.3. The van der Waals surface area contributed by atoms with E-state index in [0.29, 0.717) is 16.5 Å². The summed E-state index contributed by atoms with van der Waals surface area (Å²) in [6.45, 7) is 3.83. The second-order valence-electron chi connectivity index (χ2n) is 7.74.